The van der Waals surface area contributed by atoms with Crippen molar-refractivity contribution in [2.24, 2.45) is 10.2 Å². The molecule has 1 aromatic carbocycles. The van der Waals surface area contributed by atoms with Crippen LogP contribution >= 0.6 is 34.4 Å². The third kappa shape index (κ3) is 6.19. The fourth-order valence-corrected chi connectivity index (χ4v) is 3.06. The molecular weight excluding hydrogens is 478 g/mol. The Morgan fingerprint density at radius 3 is 2.84 bits per heavy atom. The van der Waals surface area contributed by atoms with Crippen LogP contribution in [0.2, 0.25) is 0 Å². The summed E-state index contributed by atoms with van der Waals surface area (Å²) in [5, 5.41) is 17.8. The number of amides is 1. The number of carbonyl (C=O) groups excluding carboxylic acids is 1. The Morgan fingerprint density at radius 2 is 2.20 bits per heavy atom. The van der Waals surface area contributed by atoms with Crippen LogP contribution in [0.1, 0.15) is 12.0 Å². The number of thioether (sulfide) groups is 1. The van der Waals surface area contributed by atoms with Gasteiger partial charge in [0, 0.05) is 0 Å². The second kappa shape index (κ2) is 8.03. The zero-order chi connectivity index (χ0) is 18.6. The van der Waals surface area contributed by atoms with E-state index in [9.17, 15) is 22.8 Å². The van der Waals surface area contributed by atoms with E-state index in [4.69, 9.17) is 5.11 Å². The van der Waals surface area contributed by atoms with E-state index in [1.807, 2.05) is 0 Å². The summed E-state index contributed by atoms with van der Waals surface area (Å²) in [6, 6.07) is 4.08. The van der Waals surface area contributed by atoms with Crippen LogP contribution in [0.5, 0.6) is 5.75 Å². The highest BCUT2D eigenvalue weighted by atomic mass is 127. The zero-order valence-corrected chi connectivity index (χ0v) is 15.1. The molecule has 1 aromatic rings. The van der Waals surface area contributed by atoms with Crippen LogP contribution in [-0.2, 0) is 9.59 Å². The number of ether oxygens (including phenoxy) is 1. The molecule has 25 heavy (non-hydrogen) atoms. The molecule has 0 saturated carbocycles. The molecule has 1 fully saturated rings. The number of benzene rings is 1. The number of rotatable bonds is 5. The number of amidine groups is 1. The summed E-state index contributed by atoms with van der Waals surface area (Å²) in [7, 11) is 0. The van der Waals surface area contributed by atoms with E-state index in [2.05, 4.69) is 20.3 Å². The smallest absolute Gasteiger partial charge is 0.481 e. The summed E-state index contributed by atoms with van der Waals surface area (Å²) >= 11 is 2.62. The molecule has 2 N–H and O–H groups in total. The van der Waals surface area contributed by atoms with Gasteiger partial charge in [0.05, 0.1) is 16.2 Å². The molecule has 1 heterocycles. The van der Waals surface area contributed by atoms with Crippen molar-refractivity contribution in [1.82, 2.24) is 5.32 Å². The average molecular weight is 487 g/mol. The molecule has 1 aliphatic heterocycles. The SMILES string of the molecule is O=C(O)CC1SC(=NN=Cc2ccc(I)c(OC(F)(F)F)c2)NC1=O. The summed E-state index contributed by atoms with van der Waals surface area (Å²) in [6.45, 7) is 0. The average Bonchev–Trinajstić information content (AvgIpc) is 2.80. The van der Waals surface area contributed by atoms with Crippen molar-refractivity contribution >= 4 is 57.6 Å². The van der Waals surface area contributed by atoms with Crippen LogP contribution in [0.25, 0.3) is 0 Å². The minimum Gasteiger partial charge on any atom is -0.481 e. The number of carbonyl (C=O) groups is 2. The summed E-state index contributed by atoms with van der Waals surface area (Å²) in [5.74, 6) is -1.97. The first-order valence-electron chi connectivity index (χ1n) is 6.49. The third-order valence-corrected chi connectivity index (χ3v) is 4.64. The number of carboxylic acids is 1. The van der Waals surface area contributed by atoms with Crippen LogP contribution in [0.3, 0.4) is 0 Å². The Morgan fingerprint density at radius 1 is 1.48 bits per heavy atom. The fraction of sp³-hybridized carbons (Fsp3) is 0.231. The van der Waals surface area contributed by atoms with Crippen molar-refractivity contribution in [1.29, 1.82) is 0 Å². The number of halogens is 4. The zero-order valence-electron chi connectivity index (χ0n) is 12.1. The molecule has 0 radical (unpaired) electrons. The van der Waals surface area contributed by atoms with Crippen molar-refractivity contribution < 1.29 is 32.6 Å². The van der Waals surface area contributed by atoms with Crippen molar-refractivity contribution in [3.63, 3.8) is 0 Å². The predicted molar refractivity (Wildman–Crippen MR) is 92.6 cm³/mol. The molecule has 1 aliphatic rings. The van der Waals surface area contributed by atoms with Gasteiger partial charge in [0.25, 0.3) is 0 Å². The summed E-state index contributed by atoms with van der Waals surface area (Å²) in [4.78, 5) is 22.1. The topological polar surface area (TPSA) is 100 Å². The molecule has 12 heteroatoms. The predicted octanol–water partition coefficient (Wildman–Crippen LogP) is 2.59. The van der Waals surface area contributed by atoms with E-state index >= 15 is 0 Å². The second-order valence-corrected chi connectivity index (χ2v) is 6.93. The van der Waals surface area contributed by atoms with Gasteiger partial charge in [-0.05, 0) is 40.3 Å². The minimum absolute atomic E-state index is 0.116. The molecule has 0 spiro atoms. The minimum atomic E-state index is -4.81. The number of hydrogen-bond donors (Lipinski definition) is 2. The Bertz CT molecular complexity index is 755. The van der Waals surface area contributed by atoms with Gasteiger partial charge in [-0.3, -0.25) is 9.59 Å². The summed E-state index contributed by atoms with van der Waals surface area (Å²) in [5.41, 5.74) is 0.306. The Balaban J connectivity index is 2.06. The molecule has 1 amide bonds. The lowest BCUT2D eigenvalue weighted by atomic mass is 10.2. The number of hydrogen-bond acceptors (Lipinski definition) is 6. The van der Waals surface area contributed by atoms with Crippen molar-refractivity contribution in [3.05, 3.63) is 27.3 Å². The molecule has 1 saturated heterocycles. The Hall–Kier alpha value is -1.83. The molecule has 7 nitrogen and oxygen atoms in total. The number of nitrogens with one attached hydrogen (secondary N) is 1. The van der Waals surface area contributed by atoms with Crippen LogP contribution in [0, 0.1) is 3.57 Å². The molecule has 0 bridgehead atoms. The Kier molecular flexibility index (Phi) is 6.26. The van der Waals surface area contributed by atoms with Gasteiger partial charge in [0.15, 0.2) is 5.17 Å². The summed E-state index contributed by atoms with van der Waals surface area (Å²) in [6.07, 6.45) is -3.97. The van der Waals surface area contributed by atoms with Crippen molar-refractivity contribution in [2.45, 2.75) is 18.0 Å². The highest BCUT2D eigenvalue weighted by Gasteiger charge is 2.32. The van der Waals surface area contributed by atoms with Gasteiger partial charge in [-0.15, -0.1) is 18.3 Å². The maximum Gasteiger partial charge on any atom is 0.573 e. The van der Waals surface area contributed by atoms with E-state index in [0.717, 1.165) is 17.8 Å². The van der Waals surface area contributed by atoms with Gasteiger partial charge < -0.3 is 15.2 Å². The maximum absolute atomic E-state index is 12.3. The maximum atomic E-state index is 12.3. The van der Waals surface area contributed by atoms with E-state index in [0.29, 0.717) is 5.56 Å². The van der Waals surface area contributed by atoms with E-state index in [-0.39, 0.29) is 20.9 Å². The van der Waals surface area contributed by atoms with Crippen molar-refractivity contribution in [3.8, 4) is 5.75 Å². The highest BCUT2D eigenvalue weighted by Crippen LogP contribution is 2.28. The molecule has 0 aliphatic carbocycles. The highest BCUT2D eigenvalue weighted by molar-refractivity contribution is 14.1. The first kappa shape index (κ1) is 19.5. The van der Waals surface area contributed by atoms with Gasteiger partial charge in [-0.2, -0.15) is 5.10 Å². The van der Waals surface area contributed by atoms with Gasteiger partial charge in [-0.25, -0.2) is 0 Å². The fourth-order valence-electron chi connectivity index (χ4n) is 1.70. The number of carboxylic acid groups (broad SMARTS) is 1. The standard InChI is InChI=1S/C13H9F3IN3O4S/c14-13(15,16)24-8-3-6(1-2-7(8)17)5-18-20-12-19-11(23)9(25-12)4-10(21)22/h1-3,5,9H,4H2,(H,21,22)(H,19,20,23). The van der Waals surface area contributed by atoms with Crippen LogP contribution in [0.15, 0.2) is 28.4 Å². The van der Waals surface area contributed by atoms with Gasteiger partial charge in [-0.1, -0.05) is 17.8 Å². The van der Waals surface area contributed by atoms with E-state index in [1.165, 1.54) is 18.3 Å². The largest absolute Gasteiger partial charge is 0.573 e. The second-order valence-electron chi connectivity index (χ2n) is 4.58. The van der Waals surface area contributed by atoms with E-state index < -0.39 is 23.5 Å². The van der Waals surface area contributed by atoms with Gasteiger partial charge >= 0.3 is 12.3 Å². The number of alkyl halides is 3. The normalized spacial score (nSPS) is 19.4. The Labute approximate surface area is 156 Å². The first-order valence-corrected chi connectivity index (χ1v) is 8.45. The molecule has 1 unspecified atom stereocenters. The van der Waals surface area contributed by atoms with Crippen LogP contribution in [-0.4, -0.2) is 40.0 Å². The lowest BCUT2D eigenvalue weighted by molar-refractivity contribution is -0.275. The molecule has 1 atom stereocenters. The lowest BCUT2D eigenvalue weighted by Crippen LogP contribution is -2.26. The monoisotopic (exact) mass is 487 g/mol. The lowest BCUT2D eigenvalue weighted by Gasteiger charge is -2.10. The van der Waals surface area contributed by atoms with Crippen LogP contribution < -0.4 is 10.1 Å². The van der Waals surface area contributed by atoms with E-state index in [1.54, 1.807) is 22.6 Å². The number of nitrogens with zero attached hydrogens (tertiary/aromatic N) is 2. The van der Waals surface area contributed by atoms with Gasteiger partial charge in [0.1, 0.15) is 11.0 Å². The number of aliphatic carboxylic acids is 1. The quantitative estimate of drug-likeness (QED) is 0.378. The molecular formula is C13H9F3IN3O4S. The van der Waals surface area contributed by atoms with Gasteiger partial charge in [0.2, 0.25) is 5.91 Å². The van der Waals surface area contributed by atoms with Crippen LogP contribution in [0.4, 0.5) is 13.2 Å². The molecule has 134 valence electrons. The summed E-state index contributed by atoms with van der Waals surface area (Å²) < 4.78 is 41.1. The molecule has 0 aromatic heterocycles. The molecule has 2 rings (SSSR count). The van der Waals surface area contributed by atoms with Crippen molar-refractivity contribution in [2.75, 3.05) is 0 Å². The first-order chi connectivity index (χ1) is 11.6. The third-order valence-electron chi connectivity index (χ3n) is 2.67.